The molecule has 0 radical (unpaired) electrons. The molecule has 0 aliphatic carbocycles. The maximum absolute atomic E-state index is 12.9. The molecule has 2 N–H and O–H groups in total. The topological polar surface area (TPSA) is 58.2 Å². The van der Waals surface area contributed by atoms with E-state index >= 15 is 0 Å². The fourth-order valence-electron chi connectivity index (χ4n) is 3.01. The summed E-state index contributed by atoms with van der Waals surface area (Å²) in [5.74, 6) is 0.218. The maximum Gasteiger partial charge on any atom is 0.256 e. The molecule has 4 nitrogen and oxygen atoms in total. The van der Waals surface area contributed by atoms with Crippen LogP contribution in [-0.4, -0.2) is 17.6 Å². The second-order valence-electron chi connectivity index (χ2n) is 6.70. The minimum absolute atomic E-state index is 0.154. The van der Waals surface area contributed by atoms with Gasteiger partial charge in [-0.3, -0.25) is 9.59 Å². The highest BCUT2D eigenvalue weighted by Crippen LogP contribution is 2.25. The molecular formula is C25H24N2O2S. The fraction of sp³-hybridized carbons (Fsp3) is 0.120. The van der Waals surface area contributed by atoms with Crippen molar-refractivity contribution < 1.29 is 9.59 Å². The van der Waals surface area contributed by atoms with Gasteiger partial charge in [0.05, 0.1) is 22.9 Å². The van der Waals surface area contributed by atoms with E-state index in [9.17, 15) is 9.59 Å². The predicted molar refractivity (Wildman–Crippen MR) is 124 cm³/mol. The molecule has 0 bridgehead atoms. The summed E-state index contributed by atoms with van der Waals surface area (Å²) in [4.78, 5) is 26.7. The molecule has 0 heterocycles. The number of benzene rings is 3. The monoisotopic (exact) mass is 416 g/mol. The Morgan fingerprint density at radius 3 is 2.27 bits per heavy atom. The van der Waals surface area contributed by atoms with Gasteiger partial charge in [-0.2, -0.15) is 0 Å². The third-order valence-electron chi connectivity index (χ3n) is 4.56. The first-order valence-corrected chi connectivity index (χ1v) is 10.7. The Bertz CT molecular complexity index is 1030. The van der Waals surface area contributed by atoms with Gasteiger partial charge in [0.1, 0.15) is 0 Å². The fourth-order valence-corrected chi connectivity index (χ4v) is 3.80. The van der Waals surface area contributed by atoms with Gasteiger partial charge in [0.25, 0.3) is 11.8 Å². The number of nitrogens with one attached hydrogen (secondary N) is 2. The summed E-state index contributed by atoms with van der Waals surface area (Å²) in [7, 11) is 0. The molecule has 0 spiro atoms. The molecule has 1 atom stereocenters. The first-order chi connectivity index (χ1) is 14.6. The van der Waals surface area contributed by atoms with Crippen molar-refractivity contribution in [1.29, 1.82) is 0 Å². The highest BCUT2D eigenvalue weighted by Gasteiger charge is 2.17. The largest absolute Gasteiger partial charge is 0.345 e. The summed E-state index contributed by atoms with van der Waals surface area (Å²) >= 11 is 1.54. The normalized spacial score (nSPS) is 11.4. The third-order valence-corrected chi connectivity index (χ3v) is 5.62. The number of hydrogen-bond donors (Lipinski definition) is 2. The third kappa shape index (κ3) is 5.39. The van der Waals surface area contributed by atoms with Gasteiger partial charge in [-0.15, -0.1) is 18.3 Å². The molecule has 152 valence electrons. The minimum Gasteiger partial charge on any atom is -0.345 e. The van der Waals surface area contributed by atoms with Crippen molar-refractivity contribution in [3.8, 4) is 0 Å². The summed E-state index contributed by atoms with van der Waals surface area (Å²) < 4.78 is 0. The lowest BCUT2D eigenvalue weighted by atomic mass is 10.1. The van der Waals surface area contributed by atoms with Crippen molar-refractivity contribution in [2.75, 3.05) is 11.1 Å². The Morgan fingerprint density at radius 2 is 1.53 bits per heavy atom. The average Bonchev–Trinajstić information content (AvgIpc) is 2.78. The number of hydrogen-bond acceptors (Lipinski definition) is 3. The lowest BCUT2D eigenvalue weighted by Gasteiger charge is -2.17. The molecule has 0 fully saturated rings. The first-order valence-electron chi connectivity index (χ1n) is 9.69. The zero-order valence-electron chi connectivity index (χ0n) is 16.8. The Morgan fingerprint density at radius 1 is 0.900 bits per heavy atom. The highest BCUT2D eigenvalue weighted by atomic mass is 32.2. The summed E-state index contributed by atoms with van der Waals surface area (Å²) in [5.41, 5.74) is 2.48. The highest BCUT2D eigenvalue weighted by molar-refractivity contribution is 7.99. The smallest absolute Gasteiger partial charge is 0.256 e. The van der Waals surface area contributed by atoms with E-state index in [1.165, 1.54) is 0 Å². The lowest BCUT2D eigenvalue weighted by Crippen LogP contribution is -2.28. The zero-order chi connectivity index (χ0) is 21.3. The number of amides is 2. The van der Waals surface area contributed by atoms with E-state index in [0.717, 1.165) is 10.5 Å². The number of carbonyl (C=O) groups is 2. The van der Waals surface area contributed by atoms with Crippen LogP contribution in [-0.2, 0) is 0 Å². The van der Waals surface area contributed by atoms with E-state index in [1.807, 2.05) is 55.5 Å². The van der Waals surface area contributed by atoms with Crippen LogP contribution in [0, 0.1) is 0 Å². The molecule has 30 heavy (non-hydrogen) atoms. The van der Waals surface area contributed by atoms with E-state index < -0.39 is 0 Å². The molecule has 0 saturated heterocycles. The Kier molecular flexibility index (Phi) is 7.46. The van der Waals surface area contributed by atoms with E-state index in [0.29, 0.717) is 22.6 Å². The van der Waals surface area contributed by atoms with Crippen LogP contribution in [0.3, 0.4) is 0 Å². The predicted octanol–water partition coefficient (Wildman–Crippen LogP) is 5.71. The van der Waals surface area contributed by atoms with Gasteiger partial charge < -0.3 is 10.6 Å². The molecule has 5 heteroatoms. The van der Waals surface area contributed by atoms with Crippen molar-refractivity contribution >= 4 is 29.3 Å². The SMILES string of the molecule is C=CCSc1ccccc1C(=O)Nc1ccccc1C(=O)N[C@@H](C)c1ccccc1. The second-order valence-corrected chi connectivity index (χ2v) is 7.76. The number of rotatable bonds is 8. The van der Waals surface area contributed by atoms with Crippen molar-refractivity contribution in [1.82, 2.24) is 5.32 Å². The van der Waals surface area contributed by atoms with E-state index in [-0.39, 0.29) is 17.9 Å². The summed E-state index contributed by atoms with van der Waals surface area (Å²) in [6.45, 7) is 5.66. The van der Waals surface area contributed by atoms with Crippen molar-refractivity contribution in [2.24, 2.45) is 0 Å². The van der Waals surface area contributed by atoms with Gasteiger partial charge in [-0.1, -0.05) is 60.7 Å². The van der Waals surface area contributed by atoms with Crippen molar-refractivity contribution in [3.05, 3.63) is 108 Å². The Labute approximate surface area is 181 Å². The number of anilines is 1. The zero-order valence-corrected chi connectivity index (χ0v) is 17.6. The van der Waals surface area contributed by atoms with Crippen LogP contribution < -0.4 is 10.6 Å². The maximum atomic E-state index is 12.9. The van der Waals surface area contributed by atoms with Crippen LogP contribution in [0.4, 0.5) is 5.69 Å². The lowest BCUT2D eigenvalue weighted by molar-refractivity contribution is 0.0941. The van der Waals surface area contributed by atoms with E-state index in [1.54, 1.807) is 48.2 Å². The molecule has 0 saturated carbocycles. The standard InChI is InChI=1S/C25H24N2O2S/c1-3-17-30-23-16-10-8-14-21(23)25(29)27-22-15-9-7-13-20(22)24(28)26-18(2)19-11-5-4-6-12-19/h3-16,18H,1,17H2,2H3,(H,26,28)(H,27,29)/t18-/m0/s1. The van der Waals surface area contributed by atoms with Crippen molar-refractivity contribution in [2.45, 2.75) is 17.9 Å². The van der Waals surface area contributed by atoms with Gasteiger partial charge in [-0.05, 0) is 36.8 Å². The Hall–Kier alpha value is -3.31. The molecule has 0 aliphatic heterocycles. The van der Waals surface area contributed by atoms with Crippen LogP contribution in [0.1, 0.15) is 39.2 Å². The van der Waals surface area contributed by atoms with Crippen LogP contribution in [0.25, 0.3) is 0 Å². The molecule has 0 aliphatic rings. The molecule has 3 aromatic rings. The van der Waals surface area contributed by atoms with E-state index in [4.69, 9.17) is 0 Å². The van der Waals surface area contributed by atoms with Crippen LogP contribution in [0.2, 0.25) is 0 Å². The second kappa shape index (κ2) is 10.5. The summed E-state index contributed by atoms with van der Waals surface area (Å²) in [5, 5.41) is 5.90. The summed E-state index contributed by atoms with van der Waals surface area (Å²) in [6, 6.07) is 24.0. The summed E-state index contributed by atoms with van der Waals surface area (Å²) in [6.07, 6.45) is 1.80. The molecule has 0 unspecified atom stereocenters. The number of carbonyl (C=O) groups excluding carboxylic acids is 2. The molecular weight excluding hydrogens is 392 g/mol. The average molecular weight is 417 g/mol. The minimum atomic E-state index is -0.251. The van der Waals surface area contributed by atoms with Crippen LogP contribution in [0.15, 0.2) is 96.4 Å². The van der Waals surface area contributed by atoms with Crippen LogP contribution >= 0.6 is 11.8 Å². The van der Waals surface area contributed by atoms with E-state index in [2.05, 4.69) is 17.2 Å². The number of para-hydroxylation sites is 1. The molecule has 3 aromatic carbocycles. The van der Waals surface area contributed by atoms with Gasteiger partial charge in [-0.25, -0.2) is 0 Å². The van der Waals surface area contributed by atoms with Gasteiger partial charge in [0.2, 0.25) is 0 Å². The molecule has 0 aromatic heterocycles. The molecule has 2 amide bonds. The Balaban J connectivity index is 1.78. The first kappa shape index (κ1) is 21.4. The molecule has 3 rings (SSSR count). The number of thioether (sulfide) groups is 1. The van der Waals surface area contributed by atoms with Gasteiger partial charge in [0, 0.05) is 10.6 Å². The van der Waals surface area contributed by atoms with Crippen LogP contribution in [0.5, 0.6) is 0 Å². The van der Waals surface area contributed by atoms with Gasteiger partial charge in [0.15, 0.2) is 0 Å². The quantitative estimate of drug-likeness (QED) is 0.365. The van der Waals surface area contributed by atoms with Gasteiger partial charge >= 0.3 is 0 Å². The van der Waals surface area contributed by atoms with Crippen molar-refractivity contribution in [3.63, 3.8) is 0 Å².